The van der Waals surface area contributed by atoms with E-state index in [-0.39, 0.29) is 5.91 Å². The van der Waals surface area contributed by atoms with Crippen LogP contribution in [0.25, 0.3) is 0 Å². The van der Waals surface area contributed by atoms with Crippen molar-refractivity contribution in [2.45, 2.75) is 52.4 Å². The largest absolute Gasteiger partial charge is 0.326 e. The molecule has 0 spiro atoms. The van der Waals surface area contributed by atoms with E-state index >= 15 is 0 Å². The van der Waals surface area contributed by atoms with Gasteiger partial charge in [-0.1, -0.05) is 38.0 Å². The van der Waals surface area contributed by atoms with E-state index in [0.717, 1.165) is 37.3 Å². The van der Waals surface area contributed by atoms with Crippen LogP contribution in [0.2, 0.25) is 0 Å². The fourth-order valence-electron chi connectivity index (χ4n) is 3.02. The Morgan fingerprint density at radius 1 is 1.19 bits per heavy atom. The van der Waals surface area contributed by atoms with Crippen molar-refractivity contribution in [3.8, 4) is 0 Å². The molecule has 1 fully saturated rings. The van der Waals surface area contributed by atoms with Crippen LogP contribution in [0.3, 0.4) is 0 Å². The summed E-state index contributed by atoms with van der Waals surface area (Å²) in [6.07, 6.45) is 6.78. The molecule has 1 heterocycles. The van der Waals surface area contributed by atoms with Gasteiger partial charge < -0.3 is 10.2 Å². The number of nitrogens with one attached hydrogen (secondary N) is 1. The van der Waals surface area contributed by atoms with Crippen LogP contribution in [-0.4, -0.2) is 30.4 Å². The number of nitrogens with zero attached hydrogens (tertiary/aromatic N) is 1. The molecular weight excluding hydrogens is 260 g/mol. The quantitative estimate of drug-likeness (QED) is 0.894. The lowest BCUT2D eigenvalue weighted by atomic mass is 10.1. The zero-order valence-electron chi connectivity index (χ0n) is 13.5. The maximum absolute atomic E-state index is 12.2. The van der Waals surface area contributed by atoms with Gasteiger partial charge in [0.2, 0.25) is 5.91 Å². The molecule has 2 rings (SSSR count). The predicted octanol–water partition coefficient (Wildman–Crippen LogP) is 3.76. The minimum Gasteiger partial charge on any atom is -0.326 e. The summed E-state index contributed by atoms with van der Waals surface area (Å²) in [6.45, 7) is 7.38. The van der Waals surface area contributed by atoms with Crippen LogP contribution in [0.1, 0.15) is 50.2 Å². The number of anilines is 1. The summed E-state index contributed by atoms with van der Waals surface area (Å²) in [5.41, 5.74) is 3.39. The van der Waals surface area contributed by atoms with Crippen LogP contribution in [0.5, 0.6) is 0 Å². The van der Waals surface area contributed by atoms with Crippen LogP contribution < -0.4 is 5.32 Å². The Bertz CT molecular complexity index is 462. The van der Waals surface area contributed by atoms with Gasteiger partial charge >= 0.3 is 0 Å². The van der Waals surface area contributed by atoms with Gasteiger partial charge in [0.05, 0.1) is 0 Å². The third kappa shape index (κ3) is 4.85. The van der Waals surface area contributed by atoms with Crippen molar-refractivity contribution in [2.24, 2.45) is 0 Å². The maximum Gasteiger partial charge on any atom is 0.225 e. The Balaban J connectivity index is 1.87. The number of carbonyl (C=O) groups is 1. The number of carbonyl (C=O) groups excluding carboxylic acids is 1. The standard InChI is InChI=1S/C18H28N2O/c1-3-16-10-8-9-15(2)18(16)19-17(21)11-14-20-12-6-4-5-7-13-20/h8-10H,3-7,11-14H2,1-2H3,(H,19,21). The Morgan fingerprint density at radius 2 is 1.90 bits per heavy atom. The number of para-hydroxylation sites is 1. The second-order valence-electron chi connectivity index (χ2n) is 6.02. The summed E-state index contributed by atoms with van der Waals surface area (Å²) < 4.78 is 0. The van der Waals surface area contributed by atoms with Crippen molar-refractivity contribution in [3.05, 3.63) is 29.3 Å². The first-order valence-electron chi connectivity index (χ1n) is 8.31. The predicted molar refractivity (Wildman–Crippen MR) is 88.7 cm³/mol. The van der Waals surface area contributed by atoms with Crippen LogP contribution in [0, 0.1) is 6.92 Å². The van der Waals surface area contributed by atoms with Crippen LogP contribution in [-0.2, 0) is 11.2 Å². The second-order valence-corrected chi connectivity index (χ2v) is 6.02. The molecule has 3 heteroatoms. The molecule has 0 unspecified atom stereocenters. The first-order chi connectivity index (χ1) is 10.2. The number of amides is 1. The zero-order chi connectivity index (χ0) is 15.1. The molecule has 0 bridgehead atoms. The van der Waals surface area contributed by atoms with E-state index in [1.807, 2.05) is 0 Å². The van der Waals surface area contributed by atoms with Gasteiger partial charge in [-0.05, 0) is 50.4 Å². The smallest absolute Gasteiger partial charge is 0.225 e. The highest BCUT2D eigenvalue weighted by Crippen LogP contribution is 2.21. The molecule has 1 amide bonds. The third-order valence-corrected chi connectivity index (χ3v) is 4.36. The van der Waals surface area contributed by atoms with Crippen LogP contribution in [0.15, 0.2) is 18.2 Å². The highest BCUT2D eigenvalue weighted by molar-refractivity contribution is 5.92. The second kappa shape index (κ2) is 8.18. The monoisotopic (exact) mass is 288 g/mol. The number of likely N-dealkylation sites (tertiary alicyclic amines) is 1. The van der Waals surface area contributed by atoms with Crippen molar-refractivity contribution < 1.29 is 4.79 Å². The molecule has 1 aromatic rings. The SMILES string of the molecule is CCc1cccc(C)c1NC(=O)CCN1CCCCCC1. The Labute approximate surface area is 128 Å². The van der Waals surface area contributed by atoms with Gasteiger partial charge in [-0.3, -0.25) is 4.79 Å². The fraction of sp³-hybridized carbons (Fsp3) is 0.611. The molecule has 3 nitrogen and oxygen atoms in total. The first kappa shape index (κ1) is 16.0. The van der Waals surface area contributed by atoms with Gasteiger partial charge in [0.25, 0.3) is 0 Å². The van der Waals surface area contributed by atoms with Crippen LogP contribution >= 0.6 is 0 Å². The number of aryl methyl sites for hydroxylation is 2. The fourth-order valence-corrected chi connectivity index (χ4v) is 3.02. The van der Waals surface area contributed by atoms with E-state index in [9.17, 15) is 4.79 Å². The summed E-state index contributed by atoms with van der Waals surface area (Å²) in [7, 11) is 0. The van der Waals surface area contributed by atoms with E-state index < -0.39 is 0 Å². The van der Waals surface area contributed by atoms with E-state index in [4.69, 9.17) is 0 Å². The first-order valence-corrected chi connectivity index (χ1v) is 8.31. The average molecular weight is 288 g/mol. The Hall–Kier alpha value is -1.35. The topological polar surface area (TPSA) is 32.3 Å². The molecule has 0 atom stereocenters. The van der Waals surface area contributed by atoms with E-state index in [1.54, 1.807) is 0 Å². The maximum atomic E-state index is 12.2. The highest BCUT2D eigenvalue weighted by atomic mass is 16.1. The Kier molecular flexibility index (Phi) is 6.24. The summed E-state index contributed by atoms with van der Waals surface area (Å²) in [5.74, 6) is 0.142. The van der Waals surface area contributed by atoms with Gasteiger partial charge in [0, 0.05) is 18.7 Å². The lowest BCUT2D eigenvalue weighted by Gasteiger charge is -2.19. The average Bonchev–Trinajstić information content (AvgIpc) is 2.76. The number of rotatable bonds is 5. The number of hydrogen-bond donors (Lipinski definition) is 1. The normalized spacial score (nSPS) is 16.5. The molecule has 116 valence electrons. The van der Waals surface area contributed by atoms with Gasteiger partial charge in [-0.15, -0.1) is 0 Å². The van der Waals surface area contributed by atoms with Crippen molar-refractivity contribution in [2.75, 3.05) is 25.0 Å². The van der Waals surface area contributed by atoms with Crippen molar-refractivity contribution in [1.29, 1.82) is 0 Å². The lowest BCUT2D eigenvalue weighted by molar-refractivity contribution is -0.116. The molecule has 1 aliphatic rings. The summed E-state index contributed by atoms with van der Waals surface area (Å²) in [4.78, 5) is 14.7. The zero-order valence-corrected chi connectivity index (χ0v) is 13.5. The molecule has 0 saturated carbocycles. The van der Waals surface area contributed by atoms with Gasteiger partial charge in [0.15, 0.2) is 0 Å². The van der Waals surface area contributed by atoms with Gasteiger partial charge in [-0.2, -0.15) is 0 Å². The molecule has 21 heavy (non-hydrogen) atoms. The van der Waals surface area contributed by atoms with Gasteiger partial charge in [-0.25, -0.2) is 0 Å². The van der Waals surface area contributed by atoms with Gasteiger partial charge in [0.1, 0.15) is 0 Å². The van der Waals surface area contributed by atoms with Crippen molar-refractivity contribution >= 4 is 11.6 Å². The molecule has 1 N–H and O–H groups in total. The molecule has 1 aromatic carbocycles. The lowest BCUT2D eigenvalue weighted by Crippen LogP contribution is -2.29. The molecular formula is C18H28N2O. The summed E-state index contributed by atoms with van der Waals surface area (Å²) >= 11 is 0. The number of hydrogen-bond acceptors (Lipinski definition) is 2. The van der Waals surface area contributed by atoms with Crippen LogP contribution in [0.4, 0.5) is 5.69 Å². The van der Waals surface area contributed by atoms with Crippen molar-refractivity contribution in [3.63, 3.8) is 0 Å². The van der Waals surface area contributed by atoms with Crippen molar-refractivity contribution in [1.82, 2.24) is 4.90 Å². The minimum atomic E-state index is 0.142. The molecule has 0 aromatic heterocycles. The van der Waals surface area contributed by atoms with E-state index in [2.05, 4.69) is 42.3 Å². The molecule has 0 radical (unpaired) electrons. The number of benzene rings is 1. The molecule has 1 aliphatic heterocycles. The summed E-state index contributed by atoms with van der Waals surface area (Å²) in [6, 6.07) is 6.21. The molecule has 0 aliphatic carbocycles. The Morgan fingerprint density at radius 3 is 2.57 bits per heavy atom. The van der Waals surface area contributed by atoms with E-state index in [1.165, 1.54) is 31.2 Å². The minimum absolute atomic E-state index is 0.142. The van der Waals surface area contributed by atoms with E-state index in [0.29, 0.717) is 6.42 Å². The third-order valence-electron chi connectivity index (χ3n) is 4.36. The summed E-state index contributed by atoms with van der Waals surface area (Å²) in [5, 5.41) is 3.12. The highest BCUT2D eigenvalue weighted by Gasteiger charge is 2.12. The molecule has 1 saturated heterocycles.